The van der Waals surface area contributed by atoms with Gasteiger partial charge in [0.15, 0.2) is 0 Å². The van der Waals surface area contributed by atoms with E-state index in [4.69, 9.17) is 4.74 Å². The van der Waals surface area contributed by atoms with Crippen molar-refractivity contribution in [2.24, 2.45) is 0 Å². The van der Waals surface area contributed by atoms with Gasteiger partial charge in [-0.2, -0.15) is 0 Å². The number of rotatable bonds is 2. The highest BCUT2D eigenvalue weighted by molar-refractivity contribution is 5.96. The summed E-state index contributed by atoms with van der Waals surface area (Å²) in [6, 6.07) is 7.71. The number of hydrogen-bond donors (Lipinski definition) is 1. The number of hydrogen-bond acceptors (Lipinski definition) is 2. The fraction of sp³-hybridized carbons (Fsp3) is 0.533. The lowest BCUT2D eigenvalue weighted by Gasteiger charge is -2.32. The molecule has 19 heavy (non-hydrogen) atoms. The fourth-order valence-electron chi connectivity index (χ4n) is 3.27. The quantitative estimate of drug-likeness (QED) is 0.888. The third kappa shape index (κ3) is 2.15. The van der Waals surface area contributed by atoms with Crippen LogP contribution >= 0.6 is 0 Å². The van der Waals surface area contributed by atoms with E-state index >= 15 is 0 Å². The molecule has 0 atom stereocenters. The fourth-order valence-corrected chi connectivity index (χ4v) is 3.27. The predicted molar refractivity (Wildman–Crippen MR) is 74.7 cm³/mol. The second-order valence-electron chi connectivity index (χ2n) is 5.53. The number of carbonyl (C=O) groups excluding carboxylic acids is 1. The molecule has 2 amide bonds. The third-order valence-electron chi connectivity index (χ3n) is 4.26. The monoisotopic (exact) mass is 260 g/mol. The average molecular weight is 260 g/mol. The highest BCUT2D eigenvalue weighted by Gasteiger charge is 2.43. The minimum Gasteiger partial charge on any atom is -0.495 e. The molecule has 1 spiro atoms. The number of ether oxygens (including phenoxy) is 1. The number of nitrogens with zero attached hydrogens (tertiary/aromatic N) is 1. The van der Waals surface area contributed by atoms with E-state index in [-0.39, 0.29) is 11.6 Å². The summed E-state index contributed by atoms with van der Waals surface area (Å²) in [5.74, 6) is 0.755. The van der Waals surface area contributed by atoms with Crippen LogP contribution in [0.15, 0.2) is 24.3 Å². The summed E-state index contributed by atoms with van der Waals surface area (Å²) < 4.78 is 5.36. The van der Waals surface area contributed by atoms with Crippen LogP contribution in [0.25, 0.3) is 0 Å². The molecule has 1 aromatic carbocycles. The largest absolute Gasteiger partial charge is 0.495 e. The first-order valence-corrected chi connectivity index (χ1v) is 6.97. The molecule has 2 aliphatic rings. The van der Waals surface area contributed by atoms with Gasteiger partial charge in [0.25, 0.3) is 0 Å². The number of para-hydroxylation sites is 2. The Morgan fingerprint density at radius 3 is 2.68 bits per heavy atom. The number of urea groups is 1. The molecule has 1 aliphatic carbocycles. The normalized spacial score (nSPS) is 21.5. The van der Waals surface area contributed by atoms with E-state index in [1.807, 2.05) is 29.2 Å². The van der Waals surface area contributed by atoms with E-state index in [1.165, 1.54) is 19.3 Å². The third-order valence-corrected chi connectivity index (χ3v) is 4.26. The molecule has 1 saturated heterocycles. The molecular formula is C15H20N2O2. The molecule has 0 bridgehead atoms. The summed E-state index contributed by atoms with van der Waals surface area (Å²) in [4.78, 5) is 14.1. The van der Waals surface area contributed by atoms with Crippen LogP contribution in [0.2, 0.25) is 0 Å². The zero-order valence-corrected chi connectivity index (χ0v) is 11.3. The molecule has 3 rings (SSSR count). The van der Waals surface area contributed by atoms with Crippen LogP contribution in [0.5, 0.6) is 5.75 Å². The van der Waals surface area contributed by atoms with E-state index in [9.17, 15) is 4.79 Å². The molecule has 1 aromatic rings. The van der Waals surface area contributed by atoms with E-state index in [1.54, 1.807) is 7.11 Å². The first-order valence-electron chi connectivity index (χ1n) is 6.97. The van der Waals surface area contributed by atoms with Crippen molar-refractivity contribution in [3.63, 3.8) is 0 Å². The first-order chi connectivity index (χ1) is 9.24. The Hall–Kier alpha value is -1.71. The molecule has 1 aliphatic heterocycles. The topological polar surface area (TPSA) is 41.6 Å². The van der Waals surface area contributed by atoms with Gasteiger partial charge in [0, 0.05) is 0 Å². The lowest BCUT2D eigenvalue weighted by Crippen LogP contribution is -2.44. The Morgan fingerprint density at radius 2 is 1.95 bits per heavy atom. The zero-order chi connectivity index (χ0) is 13.3. The maximum Gasteiger partial charge on any atom is 0.322 e. The number of carbonyl (C=O) groups is 1. The molecule has 0 aromatic heterocycles. The van der Waals surface area contributed by atoms with Crippen molar-refractivity contribution in [3.05, 3.63) is 24.3 Å². The second-order valence-corrected chi connectivity index (χ2v) is 5.53. The van der Waals surface area contributed by atoms with Crippen molar-refractivity contribution in [1.29, 1.82) is 0 Å². The average Bonchev–Trinajstić information content (AvgIpc) is 2.76. The molecule has 4 nitrogen and oxygen atoms in total. The van der Waals surface area contributed by atoms with E-state index < -0.39 is 0 Å². The summed E-state index contributed by atoms with van der Waals surface area (Å²) >= 11 is 0. The van der Waals surface area contributed by atoms with Crippen molar-refractivity contribution in [2.75, 3.05) is 18.6 Å². The predicted octanol–water partition coefficient (Wildman–Crippen LogP) is 2.93. The van der Waals surface area contributed by atoms with Crippen molar-refractivity contribution in [2.45, 2.75) is 37.6 Å². The van der Waals surface area contributed by atoms with Crippen molar-refractivity contribution >= 4 is 11.7 Å². The maximum atomic E-state index is 12.3. The van der Waals surface area contributed by atoms with Gasteiger partial charge in [-0.1, -0.05) is 31.4 Å². The summed E-state index contributed by atoms with van der Waals surface area (Å²) in [5, 5.41) is 3.20. The number of nitrogens with one attached hydrogen (secondary N) is 1. The van der Waals surface area contributed by atoms with E-state index in [0.717, 1.165) is 30.8 Å². The Kier molecular flexibility index (Phi) is 3.09. The molecule has 0 unspecified atom stereocenters. The summed E-state index contributed by atoms with van der Waals surface area (Å²) in [5.41, 5.74) is 0.848. The molecule has 2 fully saturated rings. The Morgan fingerprint density at radius 1 is 1.21 bits per heavy atom. The SMILES string of the molecule is COc1ccccc1N1CC2(CCCCC2)NC1=O. The molecule has 1 saturated carbocycles. The molecule has 0 radical (unpaired) electrons. The standard InChI is InChI=1S/C15H20N2O2/c1-19-13-8-4-3-7-12(13)17-11-15(16-14(17)18)9-5-2-6-10-15/h3-4,7-8H,2,5-6,9-11H2,1H3,(H,16,18). The molecule has 1 N–H and O–H groups in total. The highest BCUT2D eigenvalue weighted by Crippen LogP contribution is 2.37. The van der Waals surface area contributed by atoms with Crippen LogP contribution in [0.4, 0.5) is 10.5 Å². The Bertz CT molecular complexity index is 481. The van der Waals surface area contributed by atoms with Crippen LogP contribution < -0.4 is 15.0 Å². The van der Waals surface area contributed by atoms with Gasteiger partial charge in [-0.15, -0.1) is 0 Å². The summed E-state index contributed by atoms with van der Waals surface area (Å²) in [6.45, 7) is 0.756. The number of methoxy groups -OCH3 is 1. The van der Waals surface area contributed by atoms with Crippen molar-refractivity contribution in [1.82, 2.24) is 5.32 Å². The van der Waals surface area contributed by atoms with Crippen LogP contribution in [0.1, 0.15) is 32.1 Å². The van der Waals surface area contributed by atoms with Gasteiger partial charge in [0.1, 0.15) is 5.75 Å². The summed E-state index contributed by atoms with van der Waals surface area (Å²) in [7, 11) is 1.64. The van der Waals surface area contributed by atoms with Crippen LogP contribution in [0.3, 0.4) is 0 Å². The van der Waals surface area contributed by atoms with Gasteiger partial charge < -0.3 is 10.1 Å². The number of anilines is 1. The molecule has 1 heterocycles. The number of amides is 2. The Labute approximate surface area is 113 Å². The van der Waals surface area contributed by atoms with Crippen molar-refractivity contribution < 1.29 is 9.53 Å². The lowest BCUT2D eigenvalue weighted by molar-refractivity contribution is 0.237. The van der Waals surface area contributed by atoms with Gasteiger partial charge >= 0.3 is 6.03 Å². The smallest absolute Gasteiger partial charge is 0.322 e. The van der Waals surface area contributed by atoms with Crippen molar-refractivity contribution in [3.8, 4) is 5.75 Å². The van der Waals surface area contributed by atoms with Crippen LogP contribution in [-0.2, 0) is 0 Å². The van der Waals surface area contributed by atoms with Gasteiger partial charge in [-0.05, 0) is 25.0 Å². The van der Waals surface area contributed by atoms with Gasteiger partial charge in [0.2, 0.25) is 0 Å². The minimum atomic E-state index is -0.0177. The van der Waals surface area contributed by atoms with Gasteiger partial charge in [-0.25, -0.2) is 4.79 Å². The molecular weight excluding hydrogens is 240 g/mol. The minimum absolute atomic E-state index is 0.00593. The zero-order valence-electron chi connectivity index (χ0n) is 11.3. The molecule has 102 valence electrons. The molecule has 4 heteroatoms. The van der Waals surface area contributed by atoms with Gasteiger partial charge in [0.05, 0.1) is 24.9 Å². The highest BCUT2D eigenvalue weighted by atomic mass is 16.5. The van der Waals surface area contributed by atoms with Crippen LogP contribution in [0, 0.1) is 0 Å². The first kappa shape index (κ1) is 12.3. The van der Waals surface area contributed by atoms with Crippen LogP contribution in [-0.4, -0.2) is 25.2 Å². The summed E-state index contributed by atoms with van der Waals surface area (Å²) in [6.07, 6.45) is 5.88. The maximum absolute atomic E-state index is 12.3. The van der Waals surface area contributed by atoms with E-state index in [0.29, 0.717) is 0 Å². The van der Waals surface area contributed by atoms with E-state index in [2.05, 4.69) is 5.32 Å². The van der Waals surface area contributed by atoms with Gasteiger partial charge in [-0.3, -0.25) is 4.90 Å². The Balaban J connectivity index is 1.87. The number of benzene rings is 1. The lowest BCUT2D eigenvalue weighted by atomic mass is 9.82. The second kappa shape index (κ2) is 4.76.